The fourth-order valence-corrected chi connectivity index (χ4v) is 2.25. The number of hydrogen-bond donors (Lipinski definition) is 0. The predicted molar refractivity (Wildman–Crippen MR) is 76.5 cm³/mol. The van der Waals surface area contributed by atoms with Gasteiger partial charge in [-0.2, -0.15) is 4.99 Å². The highest BCUT2D eigenvalue weighted by atomic mass is 17.3. The number of benzene rings is 2. The first-order valence-electron chi connectivity index (χ1n) is 6.13. The summed E-state index contributed by atoms with van der Waals surface area (Å²) in [6.07, 6.45) is 10.0. The van der Waals surface area contributed by atoms with Gasteiger partial charge in [0.05, 0.1) is 6.21 Å². The first-order valence-corrected chi connectivity index (χ1v) is 6.13. The zero-order chi connectivity index (χ0) is 12.9. The molecule has 0 saturated carbocycles. The maximum absolute atomic E-state index is 4.19. The van der Waals surface area contributed by atoms with Gasteiger partial charge in [0.15, 0.2) is 0 Å². The van der Waals surface area contributed by atoms with Crippen molar-refractivity contribution in [2.75, 3.05) is 0 Å². The van der Waals surface area contributed by atoms with Gasteiger partial charge in [-0.3, -0.25) is 4.89 Å². The van der Waals surface area contributed by atoms with E-state index in [0.717, 1.165) is 6.42 Å². The van der Waals surface area contributed by atoms with E-state index < -0.39 is 0 Å². The maximum Gasteiger partial charge on any atom is 0.147 e. The molecule has 0 unspecified atom stereocenters. The molecule has 3 heteroatoms. The molecule has 2 aliphatic rings. The molecule has 0 fully saturated rings. The van der Waals surface area contributed by atoms with Gasteiger partial charge in [0, 0.05) is 0 Å². The van der Waals surface area contributed by atoms with Gasteiger partial charge in [0.1, 0.15) is 6.26 Å². The summed E-state index contributed by atoms with van der Waals surface area (Å²) in [6.45, 7) is 0. The van der Waals surface area contributed by atoms with E-state index in [2.05, 4.69) is 63.6 Å². The maximum atomic E-state index is 4.19. The second kappa shape index (κ2) is 5.40. The highest BCUT2D eigenvalue weighted by molar-refractivity contribution is 5.94. The lowest BCUT2D eigenvalue weighted by Gasteiger charge is -2.11. The molecule has 0 radical (unpaired) electrons. The van der Waals surface area contributed by atoms with E-state index in [-0.39, 0.29) is 0 Å². The number of allylic oxidation sites excluding steroid dienone is 2. The fourth-order valence-electron chi connectivity index (χ4n) is 2.25. The molecule has 0 aromatic heterocycles. The third kappa shape index (κ3) is 2.50. The second-order valence-electron chi connectivity index (χ2n) is 4.22. The molecule has 1 aliphatic heterocycles. The molecule has 94 valence electrons. The lowest BCUT2D eigenvalue weighted by atomic mass is 9.93. The summed E-state index contributed by atoms with van der Waals surface area (Å²) in [6, 6.07) is 13.0. The molecule has 0 saturated heterocycles. The van der Waals surface area contributed by atoms with Crippen molar-refractivity contribution in [3.05, 3.63) is 65.9 Å². The van der Waals surface area contributed by atoms with Crippen molar-refractivity contribution in [1.82, 2.24) is 0 Å². The molecule has 0 amide bonds. The van der Waals surface area contributed by atoms with Crippen LogP contribution in [0.3, 0.4) is 0 Å². The molecule has 19 heavy (non-hydrogen) atoms. The topological polar surface area (TPSA) is 30.8 Å². The van der Waals surface area contributed by atoms with Crippen molar-refractivity contribution in [2.24, 2.45) is 5.16 Å². The van der Waals surface area contributed by atoms with E-state index in [1.54, 1.807) is 6.08 Å². The van der Waals surface area contributed by atoms with Crippen LogP contribution >= 0.6 is 0 Å². The molecule has 0 spiro atoms. The standard InChI is InChI=1S/C13H10.C3H3NO2/c1-4-10-6-2-8-12-9-3-7-11(5-1)13(10)12;1-2-4-6-5-3-1/h1-8H,9H2;1-3H. The van der Waals surface area contributed by atoms with Crippen molar-refractivity contribution in [2.45, 2.75) is 6.42 Å². The number of nitrogens with zero attached hydrogens (tertiary/aromatic N) is 1. The molecule has 2 aromatic rings. The molecule has 2 aromatic carbocycles. The second-order valence-corrected chi connectivity index (χ2v) is 4.22. The van der Waals surface area contributed by atoms with Crippen molar-refractivity contribution in [1.29, 1.82) is 0 Å². The van der Waals surface area contributed by atoms with Gasteiger partial charge in [0.25, 0.3) is 0 Å². The molecule has 4 rings (SSSR count). The molecule has 3 nitrogen and oxygen atoms in total. The summed E-state index contributed by atoms with van der Waals surface area (Å²) in [7, 11) is 0. The minimum absolute atomic E-state index is 1.08. The molecule has 1 aliphatic carbocycles. The summed E-state index contributed by atoms with van der Waals surface area (Å²) in [5, 5.41) is 6.04. The van der Waals surface area contributed by atoms with Crippen LogP contribution in [0.25, 0.3) is 16.8 Å². The smallest absolute Gasteiger partial charge is 0.147 e. The minimum Gasteiger partial charge on any atom is -0.275 e. The average molecular weight is 251 g/mol. The first-order chi connectivity index (χ1) is 9.45. The van der Waals surface area contributed by atoms with Crippen LogP contribution < -0.4 is 0 Å². The van der Waals surface area contributed by atoms with Gasteiger partial charge >= 0.3 is 0 Å². The Morgan fingerprint density at radius 1 is 1.05 bits per heavy atom. The van der Waals surface area contributed by atoms with Crippen LogP contribution in [-0.2, 0) is 16.3 Å². The van der Waals surface area contributed by atoms with Crippen LogP contribution in [0.1, 0.15) is 11.1 Å². The summed E-state index contributed by atoms with van der Waals surface area (Å²) < 4.78 is 0. The summed E-state index contributed by atoms with van der Waals surface area (Å²) >= 11 is 0. The van der Waals surface area contributed by atoms with Crippen molar-refractivity contribution >= 4 is 23.1 Å². The van der Waals surface area contributed by atoms with E-state index in [0.29, 0.717) is 0 Å². The predicted octanol–water partition coefficient (Wildman–Crippen LogP) is 3.86. The highest BCUT2D eigenvalue weighted by Gasteiger charge is 2.06. The SMILES string of the molecule is C1=COON=C1.C1=Cc2cccc3cccc(c23)C1. The van der Waals surface area contributed by atoms with E-state index in [4.69, 9.17) is 0 Å². The van der Waals surface area contributed by atoms with Crippen LogP contribution in [0.5, 0.6) is 0 Å². The van der Waals surface area contributed by atoms with Gasteiger partial charge in [-0.05, 0) is 39.6 Å². The fraction of sp³-hybridized carbons (Fsp3) is 0.0625. The average Bonchev–Trinajstić information content (AvgIpc) is 2.51. The molecule has 0 atom stereocenters. The Balaban J connectivity index is 0.000000155. The zero-order valence-corrected chi connectivity index (χ0v) is 10.3. The lowest BCUT2D eigenvalue weighted by molar-refractivity contribution is -0.251. The Hall–Kier alpha value is -2.55. The van der Waals surface area contributed by atoms with Crippen LogP contribution in [0.15, 0.2) is 60.0 Å². The lowest BCUT2D eigenvalue weighted by Crippen LogP contribution is -1.91. The number of rotatable bonds is 0. The van der Waals surface area contributed by atoms with Gasteiger partial charge in [-0.1, -0.05) is 48.6 Å². The highest BCUT2D eigenvalue weighted by Crippen LogP contribution is 2.27. The van der Waals surface area contributed by atoms with Gasteiger partial charge < -0.3 is 0 Å². The molecule has 0 bridgehead atoms. The zero-order valence-electron chi connectivity index (χ0n) is 10.3. The normalized spacial score (nSPS) is 14.3. The monoisotopic (exact) mass is 251 g/mol. The summed E-state index contributed by atoms with van der Waals surface area (Å²) in [5.41, 5.74) is 2.81. The van der Waals surface area contributed by atoms with Gasteiger partial charge in [-0.15, -0.1) is 0 Å². The van der Waals surface area contributed by atoms with Crippen LogP contribution in [0.2, 0.25) is 0 Å². The summed E-state index contributed by atoms with van der Waals surface area (Å²) in [5.74, 6) is 0. The minimum atomic E-state index is 1.08. The van der Waals surface area contributed by atoms with Crippen molar-refractivity contribution in [3.8, 4) is 0 Å². The number of hydrogen-bond acceptors (Lipinski definition) is 3. The molecular weight excluding hydrogens is 238 g/mol. The Morgan fingerprint density at radius 3 is 2.63 bits per heavy atom. The van der Waals surface area contributed by atoms with E-state index >= 15 is 0 Å². The van der Waals surface area contributed by atoms with E-state index in [9.17, 15) is 0 Å². The van der Waals surface area contributed by atoms with E-state index in [1.165, 1.54) is 34.4 Å². The molecular formula is C16H13NO2. The Kier molecular flexibility index (Phi) is 3.28. The van der Waals surface area contributed by atoms with E-state index in [1.807, 2.05) is 0 Å². The Morgan fingerprint density at radius 2 is 1.95 bits per heavy atom. The third-order valence-electron chi connectivity index (χ3n) is 3.03. The molecule has 1 heterocycles. The molecule has 0 N–H and O–H groups in total. The Bertz CT molecular complexity index is 654. The quantitative estimate of drug-likeness (QED) is 0.666. The largest absolute Gasteiger partial charge is 0.275 e. The van der Waals surface area contributed by atoms with Crippen LogP contribution in [0.4, 0.5) is 0 Å². The van der Waals surface area contributed by atoms with Crippen molar-refractivity contribution < 1.29 is 9.88 Å². The number of oxime groups is 1. The first kappa shape index (κ1) is 11.5. The van der Waals surface area contributed by atoms with Crippen molar-refractivity contribution in [3.63, 3.8) is 0 Å². The van der Waals surface area contributed by atoms with Crippen LogP contribution in [0, 0.1) is 0 Å². The van der Waals surface area contributed by atoms with Gasteiger partial charge in [-0.25, -0.2) is 0 Å². The van der Waals surface area contributed by atoms with Gasteiger partial charge in [0.2, 0.25) is 0 Å². The van der Waals surface area contributed by atoms with Crippen LogP contribution in [-0.4, -0.2) is 6.21 Å². The Labute approximate surface area is 111 Å². The summed E-state index contributed by atoms with van der Waals surface area (Å²) in [4.78, 5) is 8.24. The third-order valence-corrected chi connectivity index (χ3v) is 3.03.